The molecular weight excluding hydrogens is 450 g/mol. The van der Waals surface area contributed by atoms with E-state index in [9.17, 15) is 24.5 Å². The average molecular weight is 476 g/mol. The molecule has 1 N–H and O–H groups in total. The largest absolute Gasteiger partial charge is 0.495 e. The smallest absolute Gasteiger partial charge is 0.271 e. The van der Waals surface area contributed by atoms with Gasteiger partial charge in [0, 0.05) is 18.6 Å². The van der Waals surface area contributed by atoms with Gasteiger partial charge in [-0.15, -0.1) is 0 Å². The van der Waals surface area contributed by atoms with E-state index in [-0.39, 0.29) is 47.2 Å². The maximum atomic E-state index is 13.6. The second kappa shape index (κ2) is 8.98. The van der Waals surface area contributed by atoms with Gasteiger partial charge >= 0.3 is 0 Å². The molecule has 2 fully saturated rings. The van der Waals surface area contributed by atoms with E-state index in [1.54, 1.807) is 0 Å². The molecular formula is C26H25N3O6. The fourth-order valence-corrected chi connectivity index (χ4v) is 5.67. The predicted molar refractivity (Wildman–Crippen MR) is 126 cm³/mol. The number of likely N-dealkylation sites (tertiary alicyclic amines) is 1. The van der Waals surface area contributed by atoms with Crippen molar-refractivity contribution in [2.75, 3.05) is 12.4 Å². The molecule has 0 unspecified atom stereocenters. The highest BCUT2D eigenvalue weighted by Gasteiger charge is 2.58. The lowest BCUT2D eigenvalue weighted by atomic mass is 9.63. The Morgan fingerprint density at radius 1 is 1.09 bits per heavy atom. The number of methoxy groups -OCH3 is 1. The second-order valence-electron chi connectivity index (χ2n) is 9.22. The molecule has 0 radical (unpaired) electrons. The van der Waals surface area contributed by atoms with Crippen LogP contribution in [0.15, 0.2) is 60.7 Å². The summed E-state index contributed by atoms with van der Waals surface area (Å²) < 4.78 is 5.27. The number of benzene rings is 2. The van der Waals surface area contributed by atoms with Crippen molar-refractivity contribution in [2.45, 2.75) is 25.3 Å². The van der Waals surface area contributed by atoms with E-state index in [1.165, 1.54) is 25.3 Å². The van der Waals surface area contributed by atoms with Crippen LogP contribution >= 0.6 is 0 Å². The molecule has 2 aromatic rings. The molecule has 1 heterocycles. The van der Waals surface area contributed by atoms with Gasteiger partial charge in [-0.3, -0.25) is 29.4 Å². The summed E-state index contributed by atoms with van der Waals surface area (Å²) in [5.74, 6) is -1.88. The van der Waals surface area contributed by atoms with Gasteiger partial charge in [0.05, 0.1) is 29.6 Å². The van der Waals surface area contributed by atoms with Crippen LogP contribution in [0.5, 0.6) is 5.75 Å². The number of hydrogen-bond donors (Lipinski definition) is 1. The quantitative estimate of drug-likeness (QED) is 0.284. The first-order valence-electron chi connectivity index (χ1n) is 11.6. The predicted octanol–water partition coefficient (Wildman–Crippen LogP) is 3.35. The first kappa shape index (κ1) is 22.8. The van der Waals surface area contributed by atoms with Crippen molar-refractivity contribution in [1.29, 1.82) is 0 Å². The van der Waals surface area contributed by atoms with Crippen molar-refractivity contribution in [3.05, 3.63) is 76.4 Å². The lowest BCUT2D eigenvalue weighted by molar-refractivity contribution is -0.384. The molecule has 4 aliphatic rings. The van der Waals surface area contributed by atoms with Crippen molar-refractivity contribution in [2.24, 2.45) is 23.7 Å². The Labute approximate surface area is 201 Å². The van der Waals surface area contributed by atoms with Crippen LogP contribution in [-0.4, -0.2) is 40.7 Å². The third-order valence-corrected chi connectivity index (χ3v) is 7.33. The summed E-state index contributed by atoms with van der Waals surface area (Å²) in [6.07, 6.45) is 5.91. The molecule has 6 rings (SSSR count). The maximum absolute atomic E-state index is 13.6. The Hall–Kier alpha value is -4.01. The topological polar surface area (TPSA) is 119 Å². The highest BCUT2D eigenvalue weighted by atomic mass is 16.6. The number of fused-ring (bicyclic) bond motifs is 1. The van der Waals surface area contributed by atoms with Gasteiger partial charge in [-0.2, -0.15) is 0 Å². The van der Waals surface area contributed by atoms with Crippen molar-refractivity contribution >= 4 is 29.1 Å². The minimum absolute atomic E-state index is 0.00348. The van der Waals surface area contributed by atoms with Crippen LogP contribution in [0.1, 0.15) is 18.4 Å². The molecule has 1 saturated carbocycles. The van der Waals surface area contributed by atoms with E-state index in [0.29, 0.717) is 0 Å². The first-order chi connectivity index (χ1) is 16.9. The van der Waals surface area contributed by atoms with Crippen LogP contribution in [0, 0.1) is 33.8 Å². The Morgan fingerprint density at radius 2 is 1.71 bits per heavy atom. The van der Waals surface area contributed by atoms with Crippen LogP contribution in [0.25, 0.3) is 0 Å². The number of nitro groups is 1. The summed E-state index contributed by atoms with van der Waals surface area (Å²) in [4.78, 5) is 52.6. The summed E-state index contributed by atoms with van der Waals surface area (Å²) in [6, 6.07) is 11.9. The Morgan fingerprint density at radius 3 is 2.26 bits per heavy atom. The van der Waals surface area contributed by atoms with Crippen LogP contribution < -0.4 is 10.1 Å². The zero-order valence-corrected chi connectivity index (χ0v) is 19.1. The number of imide groups is 1. The summed E-state index contributed by atoms with van der Waals surface area (Å²) in [7, 11) is 1.39. The Kier molecular flexibility index (Phi) is 5.84. The third-order valence-electron chi connectivity index (χ3n) is 7.33. The number of amides is 3. The van der Waals surface area contributed by atoms with Crippen molar-refractivity contribution in [3.8, 4) is 5.75 Å². The number of rotatable bonds is 7. The van der Waals surface area contributed by atoms with E-state index < -0.39 is 28.7 Å². The molecule has 9 nitrogen and oxygen atoms in total. The number of nitrogens with zero attached hydrogens (tertiary/aromatic N) is 2. The van der Waals surface area contributed by atoms with Crippen LogP contribution in [0.3, 0.4) is 0 Å². The number of hydrogen-bond acceptors (Lipinski definition) is 6. The molecule has 2 aromatic carbocycles. The average Bonchev–Trinajstić information content (AvgIpc) is 3.15. The number of carbonyl (C=O) groups excluding carboxylic acids is 3. The molecule has 2 bridgehead atoms. The van der Waals surface area contributed by atoms with Crippen LogP contribution in [-0.2, 0) is 20.8 Å². The minimum Gasteiger partial charge on any atom is -0.495 e. The number of anilines is 1. The molecule has 5 atom stereocenters. The lowest BCUT2D eigenvalue weighted by Gasteiger charge is -2.38. The summed E-state index contributed by atoms with van der Waals surface area (Å²) >= 11 is 0. The zero-order valence-electron chi connectivity index (χ0n) is 19.1. The normalized spacial score (nSPS) is 25.3. The van der Waals surface area contributed by atoms with E-state index in [1.807, 2.05) is 42.5 Å². The third kappa shape index (κ3) is 3.96. The number of non-ortho nitro benzene ring substituents is 1. The van der Waals surface area contributed by atoms with Crippen molar-refractivity contribution in [3.63, 3.8) is 0 Å². The molecule has 0 aromatic heterocycles. The fourth-order valence-electron chi connectivity index (χ4n) is 5.67. The number of ether oxygens (including phenoxy) is 1. The summed E-state index contributed by atoms with van der Waals surface area (Å²) in [5.41, 5.74) is 0.668. The lowest BCUT2D eigenvalue weighted by Crippen LogP contribution is -2.49. The van der Waals surface area contributed by atoms with E-state index in [4.69, 9.17) is 4.74 Å². The summed E-state index contributed by atoms with van der Waals surface area (Å²) in [5, 5.41) is 14.0. The minimum atomic E-state index is -1.11. The molecule has 35 heavy (non-hydrogen) atoms. The molecule has 1 aliphatic heterocycles. The van der Waals surface area contributed by atoms with Gasteiger partial charge in [-0.05, 0) is 36.3 Å². The number of allylic oxidation sites excluding steroid dienone is 2. The van der Waals surface area contributed by atoms with E-state index >= 15 is 0 Å². The van der Waals surface area contributed by atoms with Crippen molar-refractivity contribution in [1.82, 2.24) is 4.90 Å². The molecule has 180 valence electrons. The van der Waals surface area contributed by atoms with Gasteiger partial charge in [-0.1, -0.05) is 42.5 Å². The molecule has 0 spiro atoms. The second-order valence-corrected chi connectivity index (χ2v) is 9.22. The first-order valence-corrected chi connectivity index (χ1v) is 11.6. The van der Waals surface area contributed by atoms with Gasteiger partial charge in [0.25, 0.3) is 5.69 Å². The molecule has 3 aliphatic carbocycles. The van der Waals surface area contributed by atoms with Gasteiger partial charge in [0.2, 0.25) is 17.7 Å². The Bertz CT molecular complexity index is 1190. The van der Waals surface area contributed by atoms with Gasteiger partial charge < -0.3 is 10.1 Å². The maximum Gasteiger partial charge on any atom is 0.271 e. The Balaban J connectivity index is 1.49. The fraction of sp³-hybridized carbons (Fsp3) is 0.346. The molecule has 9 heteroatoms. The van der Waals surface area contributed by atoms with E-state index in [2.05, 4.69) is 5.32 Å². The zero-order chi connectivity index (χ0) is 24.7. The number of nitrogens with one attached hydrogen (secondary N) is 1. The van der Waals surface area contributed by atoms with Gasteiger partial charge in [0.15, 0.2) is 0 Å². The highest BCUT2D eigenvalue weighted by molar-refractivity contribution is 6.10. The van der Waals surface area contributed by atoms with Crippen LogP contribution in [0.2, 0.25) is 0 Å². The highest BCUT2D eigenvalue weighted by Crippen LogP contribution is 2.50. The molecule has 1 saturated heterocycles. The van der Waals surface area contributed by atoms with Gasteiger partial charge in [0.1, 0.15) is 11.8 Å². The van der Waals surface area contributed by atoms with Crippen LogP contribution in [0.4, 0.5) is 11.4 Å². The van der Waals surface area contributed by atoms with Crippen molar-refractivity contribution < 1.29 is 24.0 Å². The SMILES string of the molecule is COc1ccc([N+](=O)[O-])cc1NC(=O)[C@@H](Cc1ccccc1)N1C(=O)[C@@H]2[C@H](C1=O)[C@H]1C=C[C@H]2CC1. The van der Waals surface area contributed by atoms with Gasteiger partial charge in [-0.25, -0.2) is 0 Å². The number of nitro benzene ring substituents is 1. The number of carbonyl (C=O) groups is 3. The summed E-state index contributed by atoms with van der Waals surface area (Å²) in [6.45, 7) is 0. The molecule has 3 amide bonds. The van der Waals surface area contributed by atoms with E-state index in [0.717, 1.165) is 23.3 Å². The standard InChI is InChI=1S/C26H25N3O6/c1-35-21-12-11-18(29(33)34)14-19(21)27-24(30)20(13-15-5-3-2-4-6-15)28-25(31)22-16-7-8-17(10-9-16)23(22)26(28)32/h2-8,11-12,14,16-17,20,22-23H,9-10,13H2,1H3,(H,27,30)/t16-,17-,20+,22-,23+/m0/s1. The monoisotopic (exact) mass is 475 g/mol.